The van der Waals surface area contributed by atoms with E-state index in [2.05, 4.69) is 22.5 Å². The van der Waals surface area contributed by atoms with E-state index in [9.17, 15) is 4.79 Å². The molecule has 8 heteroatoms. The monoisotopic (exact) mass is 518 g/mol. The Kier molecular flexibility index (Phi) is 12.5. The number of piperidine rings is 1. The highest BCUT2D eigenvalue weighted by atomic mass is 127. The van der Waals surface area contributed by atoms with Crippen LogP contribution in [0.3, 0.4) is 0 Å². The predicted molar refractivity (Wildman–Crippen MR) is 128 cm³/mol. The standard InChI is InChI=1S/C21H34N4O3.HI/c1-4-22-21(23-13-12-20(26)25-15-6-5-7-17(25)2)24-14-16-28-19-10-8-18(27-3)9-11-19;/h8-11,17H,4-7,12-16H2,1-3H3,(H2,22,23,24);1H. The molecule has 0 saturated carbocycles. The average Bonchev–Trinajstić information content (AvgIpc) is 2.71. The number of carbonyl (C=O) groups is 1. The maximum atomic E-state index is 12.4. The first kappa shape index (κ1) is 25.3. The van der Waals surface area contributed by atoms with Crippen LogP contribution in [0, 0.1) is 0 Å². The molecule has 1 aliphatic heterocycles. The van der Waals surface area contributed by atoms with Crippen LogP contribution < -0.4 is 20.1 Å². The average molecular weight is 518 g/mol. The number of halogens is 1. The van der Waals surface area contributed by atoms with Crippen molar-refractivity contribution in [1.29, 1.82) is 0 Å². The summed E-state index contributed by atoms with van der Waals surface area (Å²) < 4.78 is 10.8. The Morgan fingerprint density at radius 1 is 1.21 bits per heavy atom. The number of carbonyl (C=O) groups excluding carboxylic acids is 1. The zero-order chi connectivity index (χ0) is 20.2. The van der Waals surface area contributed by atoms with Crippen LogP contribution in [-0.4, -0.2) is 62.7 Å². The fourth-order valence-electron chi connectivity index (χ4n) is 3.23. The van der Waals surface area contributed by atoms with Crippen LogP contribution >= 0.6 is 24.0 Å². The molecule has 7 nitrogen and oxygen atoms in total. The van der Waals surface area contributed by atoms with E-state index < -0.39 is 0 Å². The Morgan fingerprint density at radius 2 is 1.93 bits per heavy atom. The van der Waals surface area contributed by atoms with Crippen molar-refractivity contribution in [2.75, 3.05) is 39.9 Å². The van der Waals surface area contributed by atoms with E-state index in [1.54, 1.807) is 7.11 Å². The van der Waals surface area contributed by atoms with Gasteiger partial charge in [-0.3, -0.25) is 9.79 Å². The molecule has 1 fully saturated rings. The number of nitrogens with zero attached hydrogens (tertiary/aromatic N) is 2. The topological polar surface area (TPSA) is 75.2 Å². The molecule has 1 saturated heterocycles. The molecular weight excluding hydrogens is 483 g/mol. The summed E-state index contributed by atoms with van der Waals surface area (Å²) in [6, 6.07) is 7.85. The van der Waals surface area contributed by atoms with Crippen LogP contribution in [0.15, 0.2) is 29.3 Å². The van der Waals surface area contributed by atoms with E-state index in [4.69, 9.17) is 9.47 Å². The van der Waals surface area contributed by atoms with Crippen molar-refractivity contribution in [1.82, 2.24) is 15.5 Å². The van der Waals surface area contributed by atoms with Gasteiger partial charge in [0.2, 0.25) is 5.91 Å². The fraction of sp³-hybridized carbons (Fsp3) is 0.619. The van der Waals surface area contributed by atoms with Crippen LogP contribution in [0.5, 0.6) is 11.5 Å². The Morgan fingerprint density at radius 3 is 2.59 bits per heavy atom. The highest BCUT2D eigenvalue weighted by Crippen LogP contribution is 2.17. The lowest BCUT2D eigenvalue weighted by Crippen LogP contribution is -2.42. The molecule has 0 aromatic heterocycles. The third-order valence-corrected chi connectivity index (χ3v) is 4.79. The Bertz CT molecular complexity index is 625. The number of hydrogen-bond donors (Lipinski definition) is 2. The van der Waals surface area contributed by atoms with Gasteiger partial charge in [-0.2, -0.15) is 0 Å². The van der Waals surface area contributed by atoms with Gasteiger partial charge < -0.3 is 25.0 Å². The zero-order valence-electron chi connectivity index (χ0n) is 17.8. The molecule has 1 amide bonds. The smallest absolute Gasteiger partial charge is 0.224 e. The molecule has 1 atom stereocenters. The molecule has 164 valence electrons. The van der Waals surface area contributed by atoms with Crippen molar-refractivity contribution in [3.05, 3.63) is 24.3 Å². The third-order valence-electron chi connectivity index (χ3n) is 4.79. The van der Waals surface area contributed by atoms with Crippen molar-refractivity contribution >= 4 is 35.8 Å². The van der Waals surface area contributed by atoms with Crippen molar-refractivity contribution < 1.29 is 14.3 Å². The maximum absolute atomic E-state index is 12.4. The van der Waals surface area contributed by atoms with Crippen molar-refractivity contribution in [2.45, 2.75) is 45.6 Å². The van der Waals surface area contributed by atoms with E-state index in [0.717, 1.165) is 37.4 Å². The second-order valence-corrected chi connectivity index (χ2v) is 6.89. The minimum absolute atomic E-state index is 0. The highest BCUT2D eigenvalue weighted by molar-refractivity contribution is 14.0. The van der Waals surface area contributed by atoms with Crippen LogP contribution in [-0.2, 0) is 4.79 Å². The lowest BCUT2D eigenvalue weighted by Gasteiger charge is -2.33. The SMILES string of the molecule is CCNC(=NCCC(=O)N1CCCCC1C)NCCOc1ccc(OC)cc1.I. The number of amides is 1. The van der Waals surface area contributed by atoms with Gasteiger partial charge in [-0.1, -0.05) is 0 Å². The minimum atomic E-state index is 0. The van der Waals surface area contributed by atoms with E-state index >= 15 is 0 Å². The molecule has 2 rings (SSSR count). The molecule has 1 unspecified atom stereocenters. The zero-order valence-corrected chi connectivity index (χ0v) is 20.1. The number of aliphatic imine (C=N–C) groups is 1. The van der Waals surface area contributed by atoms with E-state index in [0.29, 0.717) is 38.1 Å². The van der Waals surface area contributed by atoms with Crippen LogP contribution in [0.1, 0.15) is 39.5 Å². The number of guanidine groups is 1. The highest BCUT2D eigenvalue weighted by Gasteiger charge is 2.22. The van der Waals surface area contributed by atoms with Gasteiger partial charge in [0.25, 0.3) is 0 Å². The molecule has 0 spiro atoms. The molecule has 29 heavy (non-hydrogen) atoms. The second kappa shape index (κ2) is 14.3. The first-order valence-corrected chi connectivity index (χ1v) is 10.2. The van der Waals surface area contributed by atoms with Gasteiger partial charge in [0.05, 0.1) is 20.2 Å². The number of likely N-dealkylation sites (tertiary alicyclic amines) is 1. The molecule has 0 aliphatic carbocycles. The van der Waals surface area contributed by atoms with Gasteiger partial charge in [-0.25, -0.2) is 0 Å². The number of benzene rings is 1. The van der Waals surface area contributed by atoms with Gasteiger partial charge in [0, 0.05) is 25.6 Å². The van der Waals surface area contributed by atoms with Crippen molar-refractivity contribution in [3.8, 4) is 11.5 Å². The van der Waals surface area contributed by atoms with Gasteiger partial charge in [-0.05, 0) is 57.4 Å². The Balaban J connectivity index is 0.00000420. The molecular formula is C21H35IN4O3. The lowest BCUT2D eigenvalue weighted by atomic mass is 10.0. The minimum Gasteiger partial charge on any atom is -0.497 e. The van der Waals surface area contributed by atoms with Gasteiger partial charge in [0.1, 0.15) is 18.1 Å². The second-order valence-electron chi connectivity index (χ2n) is 6.89. The number of nitrogens with one attached hydrogen (secondary N) is 2. The Hall–Kier alpha value is -1.71. The summed E-state index contributed by atoms with van der Waals surface area (Å²) in [5, 5.41) is 6.44. The predicted octanol–water partition coefficient (Wildman–Crippen LogP) is 3.04. The van der Waals surface area contributed by atoms with Crippen molar-refractivity contribution in [2.24, 2.45) is 4.99 Å². The number of ether oxygens (including phenoxy) is 2. The molecule has 0 bridgehead atoms. The molecule has 1 aromatic rings. The molecule has 1 aliphatic rings. The summed E-state index contributed by atoms with van der Waals surface area (Å²) in [5.74, 6) is 2.52. The van der Waals surface area contributed by atoms with E-state index in [1.807, 2.05) is 36.1 Å². The van der Waals surface area contributed by atoms with Crippen molar-refractivity contribution in [3.63, 3.8) is 0 Å². The first-order valence-electron chi connectivity index (χ1n) is 10.2. The number of methoxy groups -OCH3 is 1. The molecule has 1 aromatic carbocycles. The van der Waals surface area contributed by atoms with Crippen LogP contribution in [0.4, 0.5) is 0 Å². The van der Waals surface area contributed by atoms with Gasteiger partial charge in [-0.15, -0.1) is 24.0 Å². The van der Waals surface area contributed by atoms with Crippen LogP contribution in [0.25, 0.3) is 0 Å². The summed E-state index contributed by atoms with van der Waals surface area (Å²) in [4.78, 5) is 18.9. The largest absolute Gasteiger partial charge is 0.497 e. The van der Waals surface area contributed by atoms with Crippen LogP contribution in [0.2, 0.25) is 0 Å². The summed E-state index contributed by atoms with van der Waals surface area (Å²) in [6.45, 7) is 7.42. The molecule has 1 heterocycles. The number of hydrogen-bond acceptors (Lipinski definition) is 4. The summed E-state index contributed by atoms with van der Waals surface area (Å²) >= 11 is 0. The third kappa shape index (κ3) is 9.10. The van der Waals surface area contributed by atoms with E-state index in [-0.39, 0.29) is 29.9 Å². The normalized spacial score (nSPS) is 16.6. The van der Waals surface area contributed by atoms with E-state index in [1.165, 1.54) is 6.42 Å². The quantitative estimate of drug-likeness (QED) is 0.228. The van der Waals surface area contributed by atoms with Gasteiger partial charge >= 0.3 is 0 Å². The summed E-state index contributed by atoms with van der Waals surface area (Å²) in [5.41, 5.74) is 0. The first-order chi connectivity index (χ1) is 13.6. The molecule has 0 radical (unpaired) electrons. The Labute approximate surface area is 191 Å². The molecule has 2 N–H and O–H groups in total. The van der Waals surface area contributed by atoms with Gasteiger partial charge in [0.15, 0.2) is 5.96 Å². The fourth-order valence-corrected chi connectivity index (χ4v) is 3.23. The lowest BCUT2D eigenvalue weighted by molar-refractivity contribution is -0.134. The maximum Gasteiger partial charge on any atom is 0.224 e. The summed E-state index contributed by atoms with van der Waals surface area (Å²) in [7, 11) is 1.64. The summed E-state index contributed by atoms with van der Waals surface area (Å²) in [6.07, 6.45) is 3.88. The number of rotatable bonds is 9.